The van der Waals surface area contributed by atoms with E-state index in [0.29, 0.717) is 16.9 Å². The lowest BCUT2D eigenvalue weighted by Gasteiger charge is -2.18. The molecule has 0 saturated heterocycles. The van der Waals surface area contributed by atoms with Crippen molar-refractivity contribution >= 4 is 5.97 Å². The average molecular weight is 356 g/mol. The lowest BCUT2D eigenvalue weighted by molar-refractivity contribution is 0.0687. The fourth-order valence-corrected chi connectivity index (χ4v) is 2.90. The van der Waals surface area contributed by atoms with Gasteiger partial charge in [0.05, 0.1) is 5.56 Å². The quantitative estimate of drug-likeness (QED) is 0.894. The van der Waals surface area contributed by atoms with Crippen LogP contribution in [0.1, 0.15) is 22.5 Å². The summed E-state index contributed by atoms with van der Waals surface area (Å²) < 4.78 is 33.5. The number of nitrogens with zero attached hydrogens (tertiary/aromatic N) is 2. The molecule has 1 aromatic heterocycles. The maximum atomic E-state index is 13.3. The van der Waals surface area contributed by atoms with Crippen molar-refractivity contribution in [2.24, 2.45) is 7.05 Å². The van der Waals surface area contributed by atoms with Crippen molar-refractivity contribution in [1.82, 2.24) is 4.57 Å². The number of halogens is 2. The highest BCUT2D eigenvalue weighted by Gasteiger charge is 2.22. The molecule has 1 atom stereocenters. The molecule has 2 aromatic rings. The summed E-state index contributed by atoms with van der Waals surface area (Å²) in [7, 11) is 1.55. The van der Waals surface area contributed by atoms with Gasteiger partial charge in [-0.1, -0.05) is 12.1 Å². The molecule has 0 aliphatic heterocycles. The number of aryl methyl sites for hydroxylation is 1. The second-order valence-corrected chi connectivity index (χ2v) is 5.82. The van der Waals surface area contributed by atoms with E-state index < -0.39 is 23.7 Å². The van der Waals surface area contributed by atoms with E-state index >= 15 is 0 Å². The molecule has 1 unspecified atom stereocenters. The van der Waals surface area contributed by atoms with Crippen LogP contribution in [0.25, 0.3) is 11.1 Å². The van der Waals surface area contributed by atoms with E-state index in [4.69, 9.17) is 4.74 Å². The Kier molecular flexibility index (Phi) is 4.59. The van der Waals surface area contributed by atoms with Gasteiger partial charge in [0.2, 0.25) is 0 Å². The Balaban J connectivity index is 1.89. The van der Waals surface area contributed by atoms with Crippen LogP contribution in [0, 0.1) is 11.3 Å². The van der Waals surface area contributed by atoms with Gasteiger partial charge in [-0.2, -0.15) is 5.26 Å². The van der Waals surface area contributed by atoms with Crippen LogP contribution in [-0.4, -0.2) is 21.7 Å². The molecule has 26 heavy (non-hydrogen) atoms. The zero-order chi connectivity index (χ0) is 18.8. The number of hydrogen-bond acceptors (Lipinski definition) is 3. The molecule has 132 valence electrons. The number of hydrogen-bond donors (Lipinski definition) is 1. The molecule has 0 spiro atoms. The Labute approximate surface area is 148 Å². The van der Waals surface area contributed by atoms with Crippen molar-refractivity contribution < 1.29 is 23.4 Å². The van der Waals surface area contributed by atoms with Crippen LogP contribution >= 0.6 is 0 Å². The Morgan fingerprint density at radius 3 is 2.62 bits per heavy atom. The average Bonchev–Trinajstić information content (AvgIpc) is 2.91. The molecule has 3 rings (SSSR count). The molecule has 1 aliphatic carbocycles. The van der Waals surface area contributed by atoms with Crippen LogP contribution in [0.15, 0.2) is 54.3 Å². The zero-order valence-electron chi connectivity index (χ0n) is 13.7. The normalized spacial score (nSPS) is 16.5. The third kappa shape index (κ3) is 3.35. The summed E-state index contributed by atoms with van der Waals surface area (Å²) in [5.74, 6) is -2.05. The smallest absolute Gasteiger partial charge is 0.353 e. The molecule has 1 N–H and O–H groups in total. The van der Waals surface area contributed by atoms with Crippen LogP contribution in [0.2, 0.25) is 0 Å². The summed E-state index contributed by atoms with van der Waals surface area (Å²) in [6.07, 6.45) is 2.63. The molecular formula is C19H14F2N2O3. The van der Waals surface area contributed by atoms with Gasteiger partial charge in [0.1, 0.15) is 35.3 Å². The van der Waals surface area contributed by atoms with Crippen LogP contribution in [0.3, 0.4) is 0 Å². The van der Waals surface area contributed by atoms with E-state index in [9.17, 15) is 23.9 Å². The first-order valence-electron chi connectivity index (χ1n) is 7.72. The number of nitriles is 1. The van der Waals surface area contributed by atoms with Gasteiger partial charge in [-0.3, -0.25) is 0 Å². The van der Waals surface area contributed by atoms with Crippen LogP contribution < -0.4 is 4.74 Å². The fourth-order valence-electron chi connectivity index (χ4n) is 2.90. The van der Waals surface area contributed by atoms with Crippen molar-refractivity contribution in [3.05, 3.63) is 65.5 Å². The molecular weight excluding hydrogens is 342 g/mol. The summed E-state index contributed by atoms with van der Waals surface area (Å²) in [5, 5.41) is 18.7. The van der Waals surface area contributed by atoms with E-state index in [1.54, 1.807) is 31.3 Å². The van der Waals surface area contributed by atoms with Gasteiger partial charge in [0.25, 0.3) is 0 Å². The Morgan fingerprint density at radius 1 is 1.35 bits per heavy atom. The molecule has 1 aliphatic rings. The van der Waals surface area contributed by atoms with Crippen molar-refractivity contribution in [1.29, 1.82) is 5.26 Å². The maximum absolute atomic E-state index is 13.3. The van der Waals surface area contributed by atoms with Gasteiger partial charge in [-0.15, -0.1) is 0 Å². The van der Waals surface area contributed by atoms with Crippen molar-refractivity contribution in [2.75, 3.05) is 0 Å². The minimum Gasteiger partial charge on any atom is -0.486 e. The highest BCUT2D eigenvalue weighted by Crippen LogP contribution is 2.31. The van der Waals surface area contributed by atoms with Gasteiger partial charge in [0, 0.05) is 31.3 Å². The molecule has 0 fully saturated rings. The van der Waals surface area contributed by atoms with Crippen molar-refractivity contribution in [2.45, 2.75) is 12.5 Å². The lowest BCUT2D eigenvalue weighted by atomic mass is 10.0. The lowest BCUT2D eigenvalue weighted by Crippen LogP contribution is -2.16. The minimum absolute atomic E-state index is 0.000267. The third-order valence-corrected chi connectivity index (χ3v) is 3.97. The molecule has 7 heteroatoms. The number of benzene rings is 1. The van der Waals surface area contributed by atoms with E-state index in [0.717, 1.165) is 6.08 Å². The van der Waals surface area contributed by atoms with Crippen molar-refractivity contribution in [3.63, 3.8) is 0 Å². The highest BCUT2D eigenvalue weighted by molar-refractivity contribution is 5.96. The molecule has 5 nitrogen and oxygen atoms in total. The summed E-state index contributed by atoms with van der Waals surface area (Å²) in [6, 6.07) is 8.33. The Hall–Kier alpha value is -3.40. The molecule has 0 radical (unpaired) electrons. The number of aromatic nitrogens is 1. The highest BCUT2D eigenvalue weighted by atomic mass is 19.1. The zero-order valence-corrected chi connectivity index (χ0v) is 13.7. The maximum Gasteiger partial charge on any atom is 0.353 e. The minimum atomic E-state index is -1.14. The molecule has 1 aromatic carbocycles. The largest absolute Gasteiger partial charge is 0.486 e. The number of carboxylic acid groups (broad SMARTS) is 1. The van der Waals surface area contributed by atoms with Gasteiger partial charge in [-0.05, 0) is 23.8 Å². The predicted molar refractivity (Wildman–Crippen MR) is 89.9 cm³/mol. The SMILES string of the molecule is Cn1cc(C#N)c(-c2ccc(OC3C=C(F)C=C(F)C3)cc2)c1C(=O)O. The second kappa shape index (κ2) is 6.84. The Morgan fingerprint density at radius 2 is 2.04 bits per heavy atom. The first-order chi connectivity index (χ1) is 12.4. The molecule has 0 saturated carbocycles. The number of allylic oxidation sites excluding steroid dienone is 2. The summed E-state index contributed by atoms with van der Waals surface area (Å²) in [5.41, 5.74) is 1.08. The van der Waals surface area contributed by atoms with Gasteiger partial charge in [-0.25, -0.2) is 13.6 Å². The second-order valence-electron chi connectivity index (χ2n) is 5.82. The predicted octanol–water partition coefficient (Wildman–Crippen LogP) is 4.12. The first-order valence-corrected chi connectivity index (χ1v) is 7.72. The fraction of sp³-hybridized carbons (Fsp3) is 0.158. The van der Waals surface area contributed by atoms with Crippen LogP contribution in [0.5, 0.6) is 5.75 Å². The number of carboxylic acids is 1. The topological polar surface area (TPSA) is 75.2 Å². The molecule has 1 heterocycles. The summed E-state index contributed by atoms with van der Waals surface area (Å²) in [6.45, 7) is 0. The van der Waals surface area contributed by atoms with Crippen LogP contribution in [0.4, 0.5) is 8.78 Å². The summed E-state index contributed by atoms with van der Waals surface area (Å²) >= 11 is 0. The number of rotatable bonds is 4. The Bertz CT molecular complexity index is 966. The number of carbonyl (C=O) groups is 1. The molecule has 0 amide bonds. The van der Waals surface area contributed by atoms with Gasteiger partial charge < -0.3 is 14.4 Å². The number of aromatic carboxylic acids is 1. The van der Waals surface area contributed by atoms with Crippen LogP contribution in [-0.2, 0) is 7.05 Å². The monoisotopic (exact) mass is 356 g/mol. The van der Waals surface area contributed by atoms with E-state index in [1.807, 2.05) is 6.07 Å². The standard InChI is InChI=1S/C19H14F2N2O3/c1-23-10-12(9-22)17(18(23)19(24)25)11-2-4-15(5-3-11)26-16-7-13(20)6-14(21)8-16/h2-7,10,16H,8H2,1H3,(H,24,25). The summed E-state index contributed by atoms with van der Waals surface area (Å²) in [4.78, 5) is 11.5. The number of ether oxygens (including phenoxy) is 1. The van der Waals surface area contributed by atoms with E-state index in [2.05, 4.69) is 0 Å². The van der Waals surface area contributed by atoms with Gasteiger partial charge >= 0.3 is 5.97 Å². The first kappa shape index (κ1) is 17.4. The third-order valence-electron chi connectivity index (χ3n) is 3.97. The molecule has 0 bridgehead atoms. The van der Waals surface area contributed by atoms with Gasteiger partial charge in [0.15, 0.2) is 0 Å². The van der Waals surface area contributed by atoms with E-state index in [1.165, 1.54) is 16.8 Å². The van der Waals surface area contributed by atoms with Crippen molar-refractivity contribution in [3.8, 4) is 22.9 Å². The van der Waals surface area contributed by atoms with E-state index in [-0.39, 0.29) is 17.7 Å².